The van der Waals surface area contributed by atoms with Gasteiger partial charge in [0.15, 0.2) is 11.6 Å². The number of hydrogen-bond donors (Lipinski definition) is 2. The molecule has 40 heavy (non-hydrogen) atoms. The summed E-state index contributed by atoms with van der Waals surface area (Å²) in [7, 11) is 0. The molecule has 4 atom stereocenters. The quantitative estimate of drug-likeness (QED) is 0.299. The standard InChI is InChI=1S/C29H40BrNO9/c1-19(2)25-28(3,4)40-27(35)31(25)26(34)21(17-20-9-6-5-7-10-20)24-22(33)18-23(30)29(36,39-24)11-8-13-37-15-16-38-14-12-32/h5-7,9-10,18-19,21,24-25,32,36H,8,11-17H2,1-4H3/t21-,24-,25-,29+/m1/s1. The fourth-order valence-corrected chi connectivity index (χ4v) is 5.88. The van der Waals surface area contributed by atoms with E-state index in [1.165, 1.54) is 6.08 Å². The zero-order valence-corrected chi connectivity index (χ0v) is 25.1. The summed E-state index contributed by atoms with van der Waals surface area (Å²) in [6, 6.07) is 8.61. The van der Waals surface area contributed by atoms with Crippen LogP contribution in [-0.2, 0) is 35.0 Å². The number of ether oxygens (including phenoxy) is 4. The van der Waals surface area contributed by atoms with Gasteiger partial charge in [-0.1, -0.05) is 44.2 Å². The van der Waals surface area contributed by atoms with E-state index in [0.29, 0.717) is 26.2 Å². The molecular formula is C29H40BrNO9. The summed E-state index contributed by atoms with van der Waals surface area (Å²) in [4.78, 5) is 41.5. The third kappa shape index (κ3) is 7.77. The maximum absolute atomic E-state index is 14.1. The number of rotatable bonds is 14. The number of hydrogen-bond acceptors (Lipinski definition) is 9. The van der Waals surface area contributed by atoms with Crippen LogP contribution in [-0.4, -0.2) is 89.5 Å². The Kier molecular flexibility index (Phi) is 11.5. The highest BCUT2D eigenvalue weighted by atomic mass is 79.9. The number of aliphatic hydroxyl groups is 2. The molecule has 0 unspecified atom stereocenters. The molecule has 222 valence electrons. The number of benzene rings is 1. The van der Waals surface area contributed by atoms with Crippen molar-refractivity contribution in [3.63, 3.8) is 0 Å². The molecule has 2 heterocycles. The Morgan fingerprint density at radius 2 is 1.75 bits per heavy atom. The Balaban J connectivity index is 1.83. The van der Waals surface area contributed by atoms with Crippen molar-refractivity contribution in [2.45, 2.75) is 70.5 Å². The fourth-order valence-electron chi connectivity index (χ4n) is 5.36. The van der Waals surface area contributed by atoms with E-state index < -0.39 is 47.2 Å². The highest BCUT2D eigenvalue weighted by molar-refractivity contribution is 9.11. The average Bonchev–Trinajstić information content (AvgIpc) is 3.15. The van der Waals surface area contributed by atoms with Crippen LogP contribution in [0.1, 0.15) is 46.1 Å². The van der Waals surface area contributed by atoms with Crippen molar-refractivity contribution in [3.05, 3.63) is 46.5 Å². The van der Waals surface area contributed by atoms with E-state index in [4.69, 9.17) is 24.1 Å². The number of imide groups is 1. The SMILES string of the molecule is CC(C)[C@H]1N(C(=O)[C@H](Cc2ccccc2)[C@H]2O[C@@](O)(CCCOCCOCCO)C(Br)=CC2=O)C(=O)OC1(C)C. The number of aliphatic hydroxyl groups excluding tert-OH is 1. The van der Waals surface area contributed by atoms with Crippen molar-refractivity contribution in [3.8, 4) is 0 Å². The molecule has 10 nitrogen and oxygen atoms in total. The molecule has 2 amide bonds. The molecule has 0 bridgehead atoms. The lowest BCUT2D eigenvalue weighted by Crippen LogP contribution is -2.55. The van der Waals surface area contributed by atoms with E-state index in [0.717, 1.165) is 10.5 Å². The Bertz CT molecular complexity index is 1060. The Morgan fingerprint density at radius 1 is 1.10 bits per heavy atom. The van der Waals surface area contributed by atoms with Gasteiger partial charge in [0.2, 0.25) is 5.91 Å². The number of cyclic esters (lactones) is 1. The van der Waals surface area contributed by atoms with Gasteiger partial charge < -0.3 is 29.2 Å². The fraction of sp³-hybridized carbons (Fsp3) is 0.621. The maximum atomic E-state index is 14.1. The predicted octanol–water partition coefficient (Wildman–Crippen LogP) is 3.37. The molecule has 3 rings (SSSR count). The van der Waals surface area contributed by atoms with E-state index in [1.54, 1.807) is 13.8 Å². The van der Waals surface area contributed by atoms with E-state index in [-0.39, 0.29) is 36.5 Å². The molecule has 2 aliphatic heterocycles. The summed E-state index contributed by atoms with van der Waals surface area (Å²) in [5.74, 6) is -4.15. The summed E-state index contributed by atoms with van der Waals surface area (Å²) >= 11 is 3.27. The molecule has 11 heteroatoms. The summed E-state index contributed by atoms with van der Waals surface area (Å²) in [6.45, 7) is 8.45. The van der Waals surface area contributed by atoms with Crippen LogP contribution < -0.4 is 0 Å². The first-order valence-electron chi connectivity index (χ1n) is 13.6. The van der Waals surface area contributed by atoms with Gasteiger partial charge in [-0.05, 0) is 60.2 Å². The van der Waals surface area contributed by atoms with E-state index in [2.05, 4.69) is 15.9 Å². The van der Waals surface area contributed by atoms with Gasteiger partial charge in [-0.15, -0.1) is 0 Å². The van der Waals surface area contributed by atoms with Crippen molar-refractivity contribution in [1.29, 1.82) is 0 Å². The smallest absolute Gasteiger partial charge is 0.417 e. The van der Waals surface area contributed by atoms with Crippen molar-refractivity contribution in [2.75, 3.05) is 33.0 Å². The third-order valence-corrected chi connectivity index (χ3v) is 7.89. The van der Waals surface area contributed by atoms with E-state index in [1.807, 2.05) is 44.2 Å². The van der Waals surface area contributed by atoms with Crippen LogP contribution in [0, 0.1) is 11.8 Å². The minimum absolute atomic E-state index is 0.0623. The molecule has 1 saturated heterocycles. The summed E-state index contributed by atoms with van der Waals surface area (Å²) in [5, 5.41) is 20.2. The van der Waals surface area contributed by atoms with Gasteiger partial charge in [0.05, 0.1) is 42.9 Å². The highest BCUT2D eigenvalue weighted by Crippen LogP contribution is 2.40. The van der Waals surface area contributed by atoms with Crippen molar-refractivity contribution in [2.24, 2.45) is 11.8 Å². The minimum atomic E-state index is -1.87. The van der Waals surface area contributed by atoms with Crippen molar-refractivity contribution in [1.82, 2.24) is 4.90 Å². The molecule has 0 saturated carbocycles. The largest absolute Gasteiger partial charge is 0.441 e. The van der Waals surface area contributed by atoms with Crippen LogP contribution in [0.2, 0.25) is 0 Å². The lowest BCUT2D eigenvalue weighted by atomic mass is 9.85. The lowest BCUT2D eigenvalue weighted by Gasteiger charge is -2.39. The first-order chi connectivity index (χ1) is 18.9. The number of halogens is 1. The Labute approximate surface area is 243 Å². The molecule has 0 aromatic heterocycles. The topological polar surface area (TPSA) is 132 Å². The van der Waals surface area contributed by atoms with E-state index >= 15 is 0 Å². The number of carbonyl (C=O) groups is 3. The molecule has 1 fully saturated rings. The maximum Gasteiger partial charge on any atom is 0.417 e. The molecule has 1 aromatic carbocycles. The van der Waals surface area contributed by atoms with Gasteiger partial charge in [0, 0.05) is 13.0 Å². The predicted molar refractivity (Wildman–Crippen MR) is 149 cm³/mol. The molecular weight excluding hydrogens is 586 g/mol. The van der Waals surface area contributed by atoms with Gasteiger partial charge >= 0.3 is 6.09 Å². The monoisotopic (exact) mass is 625 g/mol. The molecule has 2 aliphatic rings. The number of carbonyl (C=O) groups excluding carboxylic acids is 3. The first-order valence-corrected chi connectivity index (χ1v) is 14.4. The summed E-state index contributed by atoms with van der Waals surface area (Å²) in [5.41, 5.74) is -0.137. The number of amides is 2. The molecule has 1 aromatic rings. The average molecular weight is 627 g/mol. The molecule has 0 spiro atoms. The second kappa shape index (κ2) is 14.2. The highest BCUT2D eigenvalue weighted by Gasteiger charge is 2.55. The van der Waals surface area contributed by atoms with Crippen molar-refractivity contribution < 1.29 is 43.5 Å². The van der Waals surface area contributed by atoms with Gasteiger partial charge in [-0.25, -0.2) is 9.69 Å². The molecule has 0 radical (unpaired) electrons. The van der Waals surface area contributed by atoms with Crippen LogP contribution in [0.5, 0.6) is 0 Å². The zero-order valence-electron chi connectivity index (χ0n) is 23.5. The second-order valence-electron chi connectivity index (χ2n) is 10.9. The molecule has 0 aliphatic carbocycles. The second-order valence-corrected chi connectivity index (χ2v) is 11.8. The van der Waals surface area contributed by atoms with Crippen LogP contribution in [0.25, 0.3) is 0 Å². The Hall–Kier alpha value is -2.15. The number of nitrogens with zero attached hydrogens (tertiary/aromatic N) is 1. The third-order valence-electron chi connectivity index (χ3n) is 7.04. The first kappa shape index (κ1) is 32.4. The lowest BCUT2D eigenvalue weighted by molar-refractivity contribution is -0.219. The van der Waals surface area contributed by atoms with E-state index in [9.17, 15) is 19.5 Å². The van der Waals surface area contributed by atoms with Gasteiger partial charge in [-0.3, -0.25) is 9.59 Å². The minimum Gasteiger partial charge on any atom is -0.441 e. The molecule has 2 N–H and O–H groups in total. The van der Waals surface area contributed by atoms with Gasteiger partial charge in [-0.2, -0.15) is 0 Å². The van der Waals surface area contributed by atoms with Crippen LogP contribution in [0.4, 0.5) is 4.79 Å². The Morgan fingerprint density at radius 3 is 2.38 bits per heavy atom. The van der Waals surface area contributed by atoms with Crippen LogP contribution in [0.3, 0.4) is 0 Å². The summed E-state index contributed by atoms with van der Waals surface area (Å²) in [6.07, 6.45) is -0.262. The van der Waals surface area contributed by atoms with Crippen LogP contribution in [0.15, 0.2) is 40.9 Å². The van der Waals surface area contributed by atoms with Gasteiger partial charge in [0.25, 0.3) is 0 Å². The van der Waals surface area contributed by atoms with Gasteiger partial charge in [0.1, 0.15) is 11.7 Å². The number of ketones is 1. The summed E-state index contributed by atoms with van der Waals surface area (Å²) < 4.78 is 22.4. The van der Waals surface area contributed by atoms with Crippen LogP contribution >= 0.6 is 15.9 Å². The zero-order chi connectivity index (χ0) is 29.5. The normalized spacial score (nSPS) is 25.2. The van der Waals surface area contributed by atoms with Crippen molar-refractivity contribution >= 4 is 33.7 Å².